The van der Waals surface area contributed by atoms with Crippen LogP contribution >= 0.6 is 0 Å². The van der Waals surface area contributed by atoms with E-state index >= 15 is 0 Å². The maximum absolute atomic E-state index is 12.1. The van der Waals surface area contributed by atoms with Gasteiger partial charge in [0.25, 0.3) is 0 Å². The Hall–Kier alpha value is -2.42. The fourth-order valence-corrected chi connectivity index (χ4v) is 2.31. The number of benzene rings is 2. The summed E-state index contributed by atoms with van der Waals surface area (Å²) in [4.78, 5) is 25.5. The number of carbonyl (C=O) groups excluding carboxylic acids is 2. The molecule has 3 heteroatoms. The lowest BCUT2D eigenvalue weighted by Gasteiger charge is -2.36. The zero-order chi connectivity index (χ0) is 13.2. The van der Waals surface area contributed by atoms with Crippen molar-refractivity contribution in [3.8, 4) is 0 Å². The van der Waals surface area contributed by atoms with Crippen LogP contribution < -0.4 is 0 Å². The zero-order valence-electron chi connectivity index (χ0n) is 10.3. The number of hydrogen-bond acceptors (Lipinski definition) is 2. The second-order valence-corrected chi connectivity index (χ2v) is 4.59. The van der Waals surface area contributed by atoms with Gasteiger partial charge in [0.2, 0.25) is 11.8 Å². The molecule has 94 valence electrons. The molecule has 0 spiro atoms. The molecule has 1 fully saturated rings. The first-order chi connectivity index (χ1) is 9.27. The molecule has 0 saturated carbocycles. The molecule has 2 amide bonds. The van der Waals surface area contributed by atoms with Gasteiger partial charge in [-0.05, 0) is 11.1 Å². The van der Waals surface area contributed by atoms with Crippen LogP contribution in [0.1, 0.15) is 17.0 Å². The Morgan fingerprint density at radius 3 is 1.89 bits per heavy atom. The highest BCUT2D eigenvalue weighted by Crippen LogP contribution is 2.31. The first kappa shape index (κ1) is 11.7. The van der Waals surface area contributed by atoms with Crippen molar-refractivity contribution in [3.63, 3.8) is 0 Å². The second-order valence-electron chi connectivity index (χ2n) is 4.59. The summed E-state index contributed by atoms with van der Waals surface area (Å²) < 4.78 is 0. The molecular weight excluding hydrogens is 238 g/mol. The van der Waals surface area contributed by atoms with Crippen molar-refractivity contribution < 1.29 is 9.59 Å². The lowest BCUT2D eigenvalue weighted by molar-refractivity contribution is -0.161. The predicted octanol–water partition coefficient (Wildman–Crippen LogP) is 2.34. The number of likely N-dealkylation sites (tertiary alicyclic amines) is 1. The SMILES string of the molecule is O=C1C(c2ccccc2)C(=O)N1Cc1ccccc1. The molecule has 0 N–H and O–H groups in total. The zero-order valence-corrected chi connectivity index (χ0v) is 10.3. The molecular formula is C16H13NO2. The summed E-state index contributed by atoms with van der Waals surface area (Å²) in [6.45, 7) is 0.363. The summed E-state index contributed by atoms with van der Waals surface area (Å²) in [6, 6.07) is 18.7. The average Bonchev–Trinajstić information content (AvgIpc) is 2.47. The maximum Gasteiger partial charge on any atom is 0.246 e. The number of carbonyl (C=O) groups is 2. The molecule has 3 nitrogen and oxygen atoms in total. The fourth-order valence-electron chi connectivity index (χ4n) is 2.31. The molecule has 0 atom stereocenters. The number of hydrogen-bond donors (Lipinski definition) is 0. The van der Waals surface area contributed by atoms with E-state index < -0.39 is 5.92 Å². The minimum Gasteiger partial charge on any atom is -0.276 e. The quantitative estimate of drug-likeness (QED) is 0.620. The summed E-state index contributed by atoms with van der Waals surface area (Å²) in [5, 5.41) is 0. The summed E-state index contributed by atoms with van der Waals surface area (Å²) in [5.41, 5.74) is 1.75. The maximum atomic E-state index is 12.1. The van der Waals surface area contributed by atoms with Gasteiger partial charge < -0.3 is 0 Å². The van der Waals surface area contributed by atoms with Crippen LogP contribution in [0.5, 0.6) is 0 Å². The van der Waals surface area contributed by atoms with Gasteiger partial charge in [-0.3, -0.25) is 14.5 Å². The first-order valence-corrected chi connectivity index (χ1v) is 6.21. The van der Waals surface area contributed by atoms with Crippen LogP contribution in [0.2, 0.25) is 0 Å². The predicted molar refractivity (Wildman–Crippen MR) is 71.2 cm³/mol. The van der Waals surface area contributed by atoms with Crippen molar-refractivity contribution in [2.75, 3.05) is 0 Å². The molecule has 1 saturated heterocycles. The van der Waals surface area contributed by atoms with Gasteiger partial charge in [-0.1, -0.05) is 60.7 Å². The minimum absolute atomic E-state index is 0.111. The normalized spacial score (nSPS) is 15.5. The Kier molecular flexibility index (Phi) is 2.88. The van der Waals surface area contributed by atoms with Gasteiger partial charge in [0, 0.05) is 0 Å². The molecule has 0 bridgehead atoms. The largest absolute Gasteiger partial charge is 0.276 e. The van der Waals surface area contributed by atoms with Gasteiger partial charge in [-0.15, -0.1) is 0 Å². The third kappa shape index (κ3) is 2.03. The summed E-state index contributed by atoms with van der Waals surface area (Å²) in [5.74, 6) is -0.829. The number of amides is 2. The van der Waals surface area contributed by atoms with Gasteiger partial charge in [0.15, 0.2) is 0 Å². The van der Waals surface area contributed by atoms with Crippen molar-refractivity contribution in [1.82, 2.24) is 4.90 Å². The molecule has 3 rings (SSSR count). The monoisotopic (exact) mass is 251 g/mol. The van der Waals surface area contributed by atoms with Crippen LogP contribution in [-0.4, -0.2) is 16.7 Å². The number of nitrogens with zero attached hydrogens (tertiary/aromatic N) is 1. The lowest BCUT2D eigenvalue weighted by atomic mass is 9.89. The minimum atomic E-state index is -0.607. The highest BCUT2D eigenvalue weighted by atomic mass is 16.2. The number of rotatable bonds is 3. The van der Waals surface area contributed by atoms with E-state index in [4.69, 9.17) is 0 Å². The Labute approximate surface area is 111 Å². The van der Waals surface area contributed by atoms with E-state index in [-0.39, 0.29) is 11.8 Å². The van der Waals surface area contributed by atoms with E-state index in [0.717, 1.165) is 11.1 Å². The van der Waals surface area contributed by atoms with Crippen LogP contribution in [-0.2, 0) is 16.1 Å². The van der Waals surface area contributed by atoms with Gasteiger partial charge in [-0.25, -0.2) is 0 Å². The van der Waals surface area contributed by atoms with E-state index in [2.05, 4.69) is 0 Å². The van der Waals surface area contributed by atoms with Crippen LogP contribution in [0.15, 0.2) is 60.7 Å². The molecule has 0 aliphatic carbocycles. The van der Waals surface area contributed by atoms with Gasteiger partial charge in [0.1, 0.15) is 5.92 Å². The third-order valence-electron chi connectivity index (χ3n) is 3.34. The van der Waals surface area contributed by atoms with Crippen molar-refractivity contribution >= 4 is 11.8 Å². The molecule has 0 unspecified atom stereocenters. The van der Waals surface area contributed by atoms with Crippen molar-refractivity contribution in [1.29, 1.82) is 0 Å². The third-order valence-corrected chi connectivity index (χ3v) is 3.34. The van der Waals surface area contributed by atoms with E-state index in [9.17, 15) is 9.59 Å². The average molecular weight is 251 g/mol. The Morgan fingerprint density at radius 1 is 0.789 bits per heavy atom. The van der Waals surface area contributed by atoms with Crippen LogP contribution in [0.3, 0.4) is 0 Å². The highest BCUT2D eigenvalue weighted by molar-refractivity contribution is 6.21. The molecule has 19 heavy (non-hydrogen) atoms. The topological polar surface area (TPSA) is 37.4 Å². The molecule has 0 radical (unpaired) electrons. The Bertz CT molecular complexity index is 591. The highest BCUT2D eigenvalue weighted by Gasteiger charge is 2.47. The van der Waals surface area contributed by atoms with E-state index in [1.165, 1.54) is 4.90 Å². The molecule has 1 heterocycles. The number of β-lactam (4-membered cyclic amide) rings is 2. The van der Waals surface area contributed by atoms with Gasteiger partial charge >= 0.3 is 0 Å². The molecule has 2 aromatic carbocycles. The molecule has 0 aromatic heterocycles. The van der Waals surface area contributed by atoms with E-state index in [0.29, 0.717) is 6.54 Å². The summed E-state index contributed by atoms with van der Waals surface area (Å²) in [7, 11) is 0. The fraction of sp³-hybridized carbons (Fsp3) is 0.125. The molecule has 1 aliphatic heterocycles. The number of imide groups is 1. The molecule has 2 aromatic rings. The lowest BCUT2D eigenvalue weighted by Crippen LogP contribution is -2.55. The van der Waals surface area contributed by atoms with Crippen LogP contribution in [0.25, 0.3) is 0 Å². The smallest absolute Gasteiger partial charge is 0.246 e. The van der Waals surface area contributed by atoms with Crippen LogP contribution in [0, 0.1) is 0 Å². The van der Waals surface area contributed by atoms with E-state index in [1.807, 2.05) is 60.7 Å². The summed E-state index contributed by atoms with van der Waals surface area (Å²) in [6.07, 6.45) is 0. The standard InChI is InChI=1S/C16H13NO2/c18-15-14(13-9-5-2-6-10-13)16(19)17(15)11-12-7-3-1-4-8-12/h1-10,14H,11H2. The summed E-state index contributed by atoms with van der Waals surface area (Å²) >= 11 is 0. The van der Waals surface area contributed by atoms with Crippen LogP contribution in [0.4, 0.5) is 0 Å². The van der Waals surface area contributed by atoms with Crippen molar-refractivity contribution in [3.05, 3.63) is 71.8 Å². The Balaban J connectivity index is 1.75. The van der Waals surface area contributed by atoms with Gasteiger partial charge in [0.05, 0.1) is 6.54 Å². The van der Waals surface area contributed by atoms with Gasteiger partial charge in [-0.2, -0.15) is 0 Å². The molecule has 1 aliphatic rings. The van der Waals surface area contributed by atoms with E-state index in [1.54, 1.807) is 0 Å². The van der Waals surface area contributed by atoms with Crippen molar-refractivity contribution in [2.45, 2.75) is 12.5 Å². The first-order valence-electron chi connectivity index (χ1n) is 6.21. The van der Waals surface area contributed by atoms with Crippen molar-refractivity contribution in [2.24, 2.45) is 0 Å². The Morgan fingerprint density at radius 2 is 1.32 bits per heavy atom. The second kappa shape index (κ2) is 4.69.